The minimum atomic E-state index is -0.251. The van der Waals surface area contributed by atoms with Crippen LogP contribution in [0.4, 0.5) is 0 Å². The van der Waals surface area contributed by atoms with Crippen LogP contribution in [-0.4, -0.2) is 50.2 Å². The Labute approximate surface area is 86.6 Å². The normalized spacial score (nSPS) is 11.9. The Kier molecular flexibility index (Phi) is 5.72. The van der Waals surface area contributed by atoms with Crippen LogP contribution in [0.5, 0.6) is 0 Å². The van der Waals surface area contributed by atoms with Gasteiger partial charge in [-0.3, -0.25) is 4.79 Å². The van der Waals surface area contributed by atoms with Crippen molar-refractivity contribution in [2.45, 2.75) is 26.4 Å². The molecule has 0 saturated heterocycles. The smallest absolute Gasteiger partial charge is 0.246 e. The van der Waals surface area contributed by atoms with E-state index in [1.165, 1.54) is 0 Å². The van der Waals surface area contributed by atoms with E-state index in [0.29, 0.717) is 6.54 Å². The van der Waals surface area contributed by atoms with Crippen LogP contribution in [0.25, 0.3) is 0 Å². The lowest BCUT2D eigenvalue weighted by atomic mass is 10.2. The summed E-state index contributed by atoms with van der Waals surface area (Å²) in [6.45, 7) is 7.44. The molecule has 0 unspecified atom stereocenters. The third kappa shape index (κ3) is 9.48. The van der Waals surface area contributed by atoms with Crippen molar-refractivity contribution >= 4 is 5.91 Å². The van der Waals surface area contributed by atoms with E-state index in [4.69, 9.17) is 4.74 Å². The van der Waals surface area contributed by atoms with E-state index in [1.54, 1.807) is 0 Å². The van der Waals surface area contributed by atoms with Gasteiger partial charge in [0.25, 0.3) is 0 Å². The molecule has 0 spiro atoms. The zero-order valence-corrected chi connectivity index (χ0v) is 9.89. The molecule has 4 nitrogen and oxygen atoms in total. The zero-order valence-electron chi connectivity index (χ0n) is 9.89. The number of nitrogens with zero attached hydrogens (tertiary/aromatic N) is 1. The lowest BCUT2D eigenvalue weighted by molar-refractivity contribution is -0.130. The number of nitrogens with one attached hydrogen (secondary N) is 1. The Bertz CT molecular complexity index is 173. The van der Waals surface area contributed by atoms with Gasteiger partial charge in [0.2, 0.25) is 5.91 Å². The summed E-state index contributed by atoms with van der Waals surface area (Å²) in [4.78, 5) is 13.2. The Balaban J connectivity index is 3.47. The summed E-state index contributed by atoms with van der Waals surface area (Å²) in [5.41, 5.74) is -0.251. The standard InChI is InChI=1S/C10H22N2O2/c1-10(2,3)14-8-9(13)11-6-7-12(4)5/h6-8H2,1-5H3,(H,11,13). The predicted molar refractivity (Wildman–Crippen MR) is 57.3 cm³/mol. The van der Waals surface area contributed by atoms with Crippen LogP contribution in [0.2, 0.25) is 0 Å². The van der Waals surface area contributed by atoms with Crippen molar-refractivity contribution in [2.24, 2.45) is 0 Å². The van der Waals surface area contributed by atoms with E-state index in [2.05, 4.69) is 5.32 Å². The summed E-state index contributed by atoms with van der Waals surface area (Å²) in [5.74, 6) is -0.0539. The molecule has 0 rings (SSSR count). The number of amides is 1. The number of likely N-dealkylation sites (N-methyl/N-ethyl adjacent to an activating group) is 1. The van der Waals surface area contributed by atoms with Gasteiger partial charge in [0.05, 0.1) is 5.60 Å². The molecule has 0 aromatic carbocycles. The van der Waals surface area contributed by atoms with Crippen molar-refractivity contribution in [1.82, 2.24) is 10.2 Å². The highest BCUT2D eigenvalue weighted by atomic mass is 16.5. The first-order valence-electron chi connectivity index (χ1n) is 4.86. The average Bonchev–Trinajstić information content (AvgIpc) is 1.99. The molecule has 0 fully saturated rings. The molecule has 0 aromatic rings. The summed E-state index contributed by atoms with van der Waals surface area (Å²) in [5, 5.41) is 2.78. The van der Waals surface area contributed by atoms with E-state index in [-0.39, 0.29) is 18.1 Å². The highest BCUT2D eigenvalue weighted by molar-refractivity contribution is 5.77. The summed E-state index contributed by atoms with van der Waals surface area (Å²) < 4.78 is 5.32. The Morgan fingerprint density at radius 3 is 2.36 bits per heavy atom. The van der Waals surface area contributed by atoms with Gasteiger partial charge in [0.15, 0.2) is 0 Å². The SMILES string of the molecule is CN(C)CCNC(=O)COC(C)(C)C. The van der Waals surface area contributed by atoms with Crippen LogP contribution in [0.15, 0.2) is 0 Å². The third-order valence-electron chi connectivity index (χ3n) is 1.52. The summed E-state index contributed by atoms with van der Waals surface area (Å²) in [6.07, 6.45) is 0. The second-order valence-electron chi connectivity index (χ2n) is 4.55. The van der Waals surface area contributed by atoms with Gasteiger partial charge in [-0.2, -0.15) is 0 Å². The van der Waals surface area contributed by atoms with Gasteiger partial charge < -0.3 is 15.0 Å². The number of rotatable bonds is 5. The molecular weight excluding hydrogens is 180 g/mol. The quantitative estimate of drug-likeness (QED) is 0.705. The minimum absolute atomic E-state index is 0.0539. The van der Waals surface area contributed by atoms with Crippen molar-refractivity contribution < 1.29 is 9.53 Å². The maximum absolute atomic E-state index is 11.2. The Morgan fingerprint density at radius 2 is 1.93 bits per heavy atom. The summed E-state index contributed by atoms with van der Waals surface area (Å²) in [6, 6.07) is 0. The molecule has 0 heterocycles. The lowest BCUT2D eigenvalue weighted by Crippen LogP contribution is -2.35. The Hall–Kier alpha value is -0.610. The predicted octanol–water partition coefficient (Wildman–Crippen LogP) is 0.479. The highest BCUT2D eigenvalue weighted by Gasteiger charge is 2.12. The average molecular weight is 202 g/mol. The lowest BCUT2D eigenvalue weighted by Gasteiger charge is -2.19. The molecule has 0 aliphatic heterocycles. The first-order valence-corrected chi connectivity index (χ1v) is 4.86. The van der Waals surface area contributed by atoms with Gasteiger partial charge in [-0.25, -0.2) is 0 Å². The van der Waals surface area contributed by atoms with E-state index >= 15 is 0 Å². The van der Waals surface area contributed by atoms with Crippen LogP contribution < -0.4 is 5.32 Å². The maximum Gasteiger partial charge on any atom is 0.246 e. The number of ether oxygens (including phenoxy) is 1. The van der Waals surface area contributed by atoms with Crippen molar-refractivity contribution in [1.29, 1.82) is 0 Å². The second kappa shape index (κ2) is 5.98. The van der Waals surface area contributed by atoms with Crippen LogP contribution in [0.1, 0.15) is 20.8 Å². The van der Waals surface area contributed by atoms with Crippen molar-refractivity contribution in [3.63, 3.8) is 0 Å². The molecule has 84 valence electrons. The van der Waals surface area contributed by atoms with Crippen LogP contribution in [0, 0.1) is 0 Å². The number of carbonyl (C=O) groups excluding carboxylic acids is 1. The first-order chi connectivity index (χ1) is 6.31. The van der Waals surface area contributed by atoms with Crippen LogP contribution in [-0.2, 0) is 9.53 Å². The van der Waals surface area contributed by atoms with Gasteiger partial charge in [0, 0.05) is 13.1 Å². The van der Waals surface area contributed by atoms with E-state index in [0.717, 1.165) is 6.54 Å². The molecule has 14 heavy (non-hydrogen) atoms. The molecule has 0 atom stereocenters. The first kappa shape index (κ1) is 13.4. The molecule has 0 radical (unpaired) electrons. The fourth-order valence-corrected chi connectivity index (χ4v) is 0.752. The van der Waals surface area contributed by atoms with Crippen LogP contribution >= 0.6 is 0 Å². The topological polar surface area (TPSA) is 41.6 Å². The van der Waals surface area contributed by atoms with Gasteiger partial charge in [-0.1, -0.05) is 0 Å². The maximum atomic E-state index is 11.2. The molecule has 1 amide bonds. The minimum Gasteiger partial charge on any atom is -0.366 e. The fourth-order valence-electron chi connectivity index (χ4n) is 0.752. The third-order valence-corrected chi connectivity index (χ3v) is 1.52. The fraction of sp³-hybridized carbons (Fsp3) is 0.900. The molecule has 0 aliphatic rings. The van der Waals surface area contributed by atoms with Gasteiger partial charge >= 0.3 is 0 Å². The molecule has 0 bridgehead atoms. The second-order valence-corrected chi connectivity index (χ2v) is 4.55. The van der Waals surface area contributed by atoms with Crippen molar-refractivity contribution in [3.05, 3.63) is 0 Å². The Morgan fingerprint density at radius 1 is 1.36 bits per heavy atom. The largest absolute Gasteiger partial charge is 0.366 e. The molecule has 0 aromatic heterocycles. The van der Waals surface area contributed by atoms with Crippen LogP contribution in [0.3, 0.4) is 0 Å². The number of carbonyl (C=O) groups is 1. The van der Waals surface area contributed by atoms with E-state index < -0.39 is 0 Å². The van der Waals surface area contributed by atoms with Crippen molar-refractivity contribution in [3.8, 4) is 0 Å². The van der Waals surface area contributed by atoms with Gasteiger partial charge in [-0.15, -0.1) is 0 Å². The number of hydrogen-bond acceptors (Lipinski definition) is 3. The number of hydrogen-bond donors (Lipinski definition) is 1. The van der Waals surface area contributed by atoms with Crippen molar-refractivity contribution in [2.75, 3.05) is 33.8 Å². The summed E-state index contributed by atoms with van der Waals surface area (Å²) >= 11 is 0. The molecule has 0 aliphatic carbocycles. The van der Waals surface area contributed by atoms with Gasteiger partial charge in [0.1, 0.15) is 6.61 Å². The highest BCUT2D eigenvalue weighted by Crippen LogP contribution is 2.05. The van der Waals surface area contributed by atoms with Gasteiger partial charge in [-0.05, 0) is 34.9 Å². The monoisotopic (exact) mass is 202 g/mol. The van der Waals surface area contributed by atoms with E-state index in [9.17, 15) is 4.79 Å². The van der Waals surface area contributed by atoms with E-state index in [1.807, 2.05) is 39.8 Å². The summed E-state index contributed by atoms with van der Waals surface area (Å²) in [7, 11) is 3.94. The molecule has 4 heteroatoms. The zero-order chi connectivity index (χ0) is 11.2. The molecular formula is C10H22N2O2. The molecule has 1 N–H and O–H groups in total. The molecule has 0 saturated carbocycles.